The number of benzene rings is 6. The maximum Gasteiger partial charge on any atom is 0.148 e. The molecule has 0 saturated heterocycles. The number of hydrogen-bond donors (Lipinski definition) is 1. The van der Waals surface area contributed by atoms with E-state index in [1.165, 1.54) is 5.56 Å². The van der Waals surface area contributed by atoms with E-state index >= 15 is 0 Å². The van der Waals surface area contributed by atoms with Crippen LogP contribution in [-0.4, -0.2) is 19.6 Å². The SMILES string of the molecule is [2H]c1c([2H])c([2H])c(-c2ccnc(-c3[c-]c(-c4cccc5c4nc(-c4cc(C(C)C)cc(C(C)C)c4O)n5-c4ccc(C(C)(C)C(C)(C)C)cc4-c4ccccc4)cc(C(C)(C)C)c3)c2)c([2H])c1[2H].[Pt]. The summed E-state index contributed by atoms with van der Waals surface area (Å²) in [5, 5.41) is 12.4. The molecule has 0 aliphatic heterocycles. The van der Waals surface area contributed by atoms with Crippen molar-refractivity contribution in [3.63, 3.8) is 0 Å². The minimum Gasteiger partial charge on any atom is -0.507 e. The molecule has 0 fully saturated rings. The number of hydrogen-bond acceptors (Lipinski definition) is 3. The molecule has 8 rings (SSSR count). The summed E-state index contributed by atoms with van der Waals surface area (Å²) in [6.45, 7) is 26.5. The number of pyridine rings is 1. The summed E-state index contributed by atoms with van der Waals surface area (Å²) in [6.07, 6.45) is 1.61. The van der Waals surface area contributed by atoms with E-state index in [1.54, 1.807) is 18.3 Å². The molecule has 0 bridgehead atoms. The Morgan fingerprint density at radius 1 is 0.641 bits per heavy atom. The molecule has 64 heavy (non-hydrogen) atoms. The number of imidazole rings is 1. The molecule has 0 radical (unpaired) electrons. The van der Waals surface area contributed by atoms with E-state index < -0.39 is 6.04 Å². The van der Waals surface area contributed by atoms with Crippen molar-refractivity contribution in [1.82, 2.24) is 14.5 Å². The van der Waals surface area contributed by atoms with E-state index in [0.29, 0.717) is 28.2 Å². The maximum absolute atomic E-state index is 12.4. The van der Waals surface area contributed by atoms with Crippen molar-refractivity contribution in [3.05, 3.63) is 168 Å². The molecular weight excluding hydrogens is 962 g/mol. The van der Waals surface area contributed by atoms with Crippen LogP contribution in [0.5, 0.6) is 5.75 Å². The molecule has 5 heteroatoms. The molecule has 0 aliphatic rings. The fraction of sp³-hybridized carbons (Fsp3) is 0.288. The number of rotatable bonds is 9. The quantitative estimate of drug-likeness (QED) is 0.147. The Morgan fingerprint density at radius 3 is 2.00 bits per heavy atom. The topological polar surface area (TPSA) is 50.9 Å². The molecule has 0 spiro atoms. The van der Waals surface area contributed by atoms with Gasteiger partial charge in [-0.3, -0.25) is 9.55 Å². The zero-order valence-electron chi connectivity index (χ0n) is 44.2. The average Bonchev–Trinajstić information content (AvgIpc) is 3.69. The summed E-state index contributed by atoms with van der Waals surface area (Å²) in [4.78, 5) is 10.4. The summed E-state index contributed by atoms with van der Waals surface area (Å²) in [5.74, 6) is 1.08. The van der Waals surface area contributed by atoms with E-state index in [9.17, 15) is 5.11 Å². The van der Waals surface area contributed by atoms with Crippen molar-refractivity contribution in [1.29, 1.82) is 0 Å². The van der Waals surface area contributed by atoms with Gasteiger partial charge in [-0.15, -0.1) is 29.3 Å². The van der Waals surface area contributed by atoms with Crippen LogP contribution >= 0.6 is 0 Å². The third-order valence-electron chi connectivity index (χ3n) is 13.1. The van der Waals surface area contributed by atoms with Gasteiger partial charge in [0.05, 0.1) is 29.1 Å². The first-order chi connectivity index (χ1) is 31.9. The van der Waals surface area contributed by atoms with Crippen molar-refractivity contribution < 1.29 is 33.0 Å². The van der Waals surface area contributed by atoms with Gasteiger partial charge in [0.25, 0.3) is 0 Å². The Morgan fingerprint density at radius 2 is 1.34 bits per heavy atom. The monoisotopic (exact) mass is 1030 g/mol. The summed E-state index contributed by atoms with van der Waals surface area (Å²) >= 11 is 0. The van der Waals surface area contributed by atoms with E-state index in [1.807, 2.05) is 6.07 Å². The zero-order chi connectivity index (χ0) is 49.4. The van der Waals surface area contributed by atoms with Crippen molar-refractivity contribution in [2.75, 3.05) is 0 Å². The molecule has 2 heterocycles. The second-order valence-corrected chi connectivity index (χ2v) is 20.1. The Kier molecular flexibility index (Phi) is 11.1. The Hall–Kier alpha value is -5.57. The Bertz CT molecular complexity index is 3220. The molecule has 8 aromatic rings. The molecule has 2 aromatic heterocycles. The van der Waals surface area contributed by atoms with Crippen LogP contribution in [-0.2, 0) is 31.9 Å². The number of aromatic nitrogens is 3. The molecule has 0 saturated carbocycles. The maximum atomic E-state index is 12.4. The third-order valence-corrected chi connectivity index (χ3v) is 13.1. The molecular formula is C59H62N3OPt-. The van der Waals surface area contributed by atoms with E-state index in [0.717, 1.165) is 55.7 Å². The van der Waals surface area contributed by atoms with Gasteiger partial charge >= 0.3 is 0 Å². The number of fused-ring (bicyclic) bond motifs is 1. The fourth-order valence-corrected chi connectivity index (χ4v) is 8.18. The second kappa shape index (κ2) is 17.8. The van der Waals surface area contributed by atoms with Crippen LogP contribution in [0.15, 0.2) is 140 Å². The van der Waals surface area contributed by atoms with Gasteiger partial charge in [-0.25, -0.2) is 4.98 Å². The predicted molar refractivity (Wildman–Crippen MR) is 266 cm³/mol. The smallest absolute Gasteiger partial charge is 0.148 e. The van der Waals surface area contributed by atoms with Gasteiger partial charge in [-0.05, 0) is 91.8 Å². The van der Waals surface area contributed by atoms with Gasteiger partial charge in [-0.1, -0.05) is 185 Å². The van der Waals surface area contributed by atoms with Crippen LogP contribution in [0, 0.1) is 11.5 Å². The summed E-state index contributed by atoms with van der Waals surface area (Å²) in [7, 11) is 0. The average molecular weight is 1030 g/mol. The van der Waals surface area contributed by atoms with Gasteiger partial charge in [0.2, 0.25) is 0 Å². The molecule has 0 aliphatic carbocycles. The Labute approximate surface area is 403 Å². The third kappa shape index (κ3) is 8.79. The van der Waals surface area contributed by atoms with Crippen LogP contribution in [0.2, 0.25) is 0 Å². The molecule has 330 valence electrons. The van der Waals surface area contributed by atoms with Crippen LogP contribution in [0.1, 0.15) is 124 Å². The normalized spacial score (nSPS) is 13.4. The summed E-state index contributed by atoms with van der Waals surface area (Å²) < 4.78 is 44.5. The number of phenols is 1. The second-order valence-electron chi connectivity index (χ2n) is 20.1. The van der Waals surface area contributed by atoms with Crippen LogP contribution in [0.3, 0.4) is 0 Å². The van der Waals surface area contributed by atoms with Crippen molar-refractivity contribution in [3.8, 4) is 67.5 Å². The minimum absolute atomic E-state index is 0. The van der Waals surface area contributed by atoms with Gasteiger partial charge in [0, 0.05) is 38.5 Å². The van der Waals surface area contributed by atoms with Gasteiger partial charge in [0.1, 0.15) is 11.6 Å². The first-order valence-corrected chi connectivity index (χ1v) is 22.1. The first kappa shape index (κ1) is 40.0. The van der Waals surface area contributed by atoms with Crippen molar-refractivity contribution in [2.45, 2.75) is 106 Å². The Balaban J connectivity index is 0.00000703. The van der Waals surface area contributed by atoms with E-state index in [-0.39, 0.29) is 84.6 Å². The molecule has 4 nitrogen and oxygen atoms in total. The number of aromatic hydroxyl groups is 1. The largest absolute Gasteiger partial charge is 0.507 e. The summed E-state index contributed by atoms with van der Waals surface area (Å²) in [5.41, 5.74) is 12.4. The van der Waals surface area contributed by atoms with Crippen molar-refractivity contribution in [2.24, 2.45) is 5.41 Å². The first-order valence-electron chi connectivity index (χ1n) is 24.6. The van der Waals surface area contributed by atoms with Gasteiger partial charge < -0.3 is 5.11 Å². The molecule has 0 unspecified atom stereocenters. The number of nitrogens with zero attached hydrogens (tertiary/aromatic N) is 3. The standard InChI is InChI=1S/C59H62N3O.Pt/c1-37(2)42-33-48(38(3)4)55(63)50(34-42)56-61-54-47(43-30-44(32-46(31-43)57(5,6)7)51-35-41(28-29-60-51)39-20-15-13-16-21-39)24-19-25-53(54)62(56)52-27-26-45(59(11,12)58(8,9)10)36-49(52)40-22-17-14-18-23-40;/h13-29,31-38,63H,1-12H3;/q-1;/i13D,15D,16D,20D,21D;. The zero-order valence-corrected chi connectivity index (χ0v) is 41.4. The van der Waals surface area contributed by atoms with Crippen LogP contribution in [0.25, 0.3) is 72.7 Å². The summed E-state index contributed by atoms with van der Waals surface area (Å²) in [6, 6.07) is 37.4. The molecule has 6 aromatic carbocycles. The fourth-order valence-electron chi connectivity index (χ4n) is 8.18. The van der Waals surface area contributed by atoms with Crippen molar-refractivity contribution >= 4 is 11.0 Å². The van der Waals surface area contributed by atoms with E-state index in [2.05, 4.69) is 179 Å². The molecule has 1 N–H and O–H groups in total. The number of phenolic OH excluding ortho intramolecular Hbond substituents is 1. The predicted octanol–water partition coefficient (Wildman–Crippen LogP) is 16.1. The van der Waals surface area contributed by atoms with Crippen LogP contribution < -0.4 is 0 Å². The van der Waals surface area contributed by atoms with Crippen LogP contribution in [0.4, 0.5) is 0 Å². The van der Waals surface area contributed by atoms with Gasteiger partial charge in [-0.2, -0.15) is 0 Å². The van der Waals surface area contributed by atoms with Gasteiger partial charge in [0.15, 0.2) is 0 Å². The minimum atomic E-state index is -0.436. The van der Waals surface area contributed by atoms with E-state index in [4.69, 9.17) is 16.8 Å². The molecule has 0 atom stereocenters. The molecule has 0 amide bonds. The number of para-hydroxylation sites is 1.